The Morgan fingerprint density at radius 1 is 1.00 bits per heavy atom. The van der Waals surface area contributed by atoms with Crippen molar-refractivity contribution in [1.29, 1.82) is 0 Å². The van der Waals surface area contributed by atoms with Crippen molar-refractivity contribution in [3.05, 3.63) is 58.1 Å². The van der Waals surface area contributed by atoms with Gasteiger partial charge in [-0.1, -0.05) is 0 Å². The second-order valence-electron chi connectivity index (χ2n) is 9.97. The Morgan fingerprint density at radius 2 is 1.58 bits per heavy atom. The van der Waals surface area contributed by atoms with Crippen LogP contribution in [-0.4, -0.2) is 58.6 Å². The number of rotatable bonds is 7. The zero-order valence-corrected chi connectivity index (χ0v) is 24.6. The van der Waals surface area contributed by atoms with Gasteiger partial charge in [-0.25, -0.2) is 18.0 Å². The lowest BCUT2D eigenvalue weighted by molar-refractivity contribution is -0.143. The van der Waals surface area contributed by atoms with E-state index in [2.05, 4.69) is 0 Å². The van der Waals surface area contributed by atoms with Crippen LogP contribution < -0.4 is 9.64 Å². The number of methoxy groups -OCH3 is 2. The summed E-state index contributed by atoms with van der Waals surface area (Å²) in [5.74, 6) is -0.421. The summed E-state index contributed by atoms with van der Waals surface area (Å²) in [6.45, 7) is 2.44. The number of sulfone groups is 1. The standard InChI is InChI=1S/C27H30F6N2O7S/c1-6-42-25(37)35-15(2)7-21(20-10-17(14-43(5,38)39)23(40-3)12-22(20)35)34(24(36)41-4)13-16-8-18(26(28,29)30)11-19(9-16)27(31,32)33/h8-12,15,21H,6-7,13-14H2,1-5H3/t15-,21+/m0/s1. The van der Waals surface area contributed by atoms with Crippen LogP contribution in [0.3, 0.4) is 0 Å². The smallest absolute Gasteiger partial charge is 0.416 e. The number of carbonyl (C=O) groups excluding carboxylic acids is 2. The number of carbonyl (C=O) groups is 2. The van der Waals surface area contributed by atoms with E-state index in [1.807, 2.05) is 0 Å². The fourth-order valence-electron chi connectivity index (χ4n) is 4.98. The SMILES string of the molecule is CCOC(=O)N1c2cc(OC)c(CS(C)(=O)=O)cc2[C@H](N(Cc2cc(C(F)(F)F)cc(C(F)(F)F)c2)C(=O)OC)C[C@@H]1C. The van der Waals surface area contributed by atoms with Gasteiger partial charge in [0.1, 0.15) is 5.75 Å². The summed E-state index contributed by atoms with van der Waals surface area (Å²) >= 11 is 0. The number of anilines is 1. The minimum Gasteiger partial charge on any atom is -0.496 e. The average molecular weight is 641 g/mol. The first-order valence-electron chi connectivity index (χ1n) is 12.8. The van der Waals surface area contributed by atoms with Gasteiger partial charge in [-0.15, -0.1) is 0 Å². The van der Waals surface area contributed by atoms with Crippen LogP contribution in [0.2, 0.25) is 0 Å². The quantitative estimate of drug-likeness (QED) is 0.326. The van der Waals surface area contributed by atoms with Crippen LogP contribution in [0.1, 0.15) is 54.1 Å². The third kappa shape index (κ3) is 7.83. The van der Waals surface area contributed by atoms with Gasteiger partial charge in [-0.2, -0.15) is 26.3 Å². The molecule has 1 aliphatic heterocycles. The predicted octanol–water partition coefficient (Wildman–Crippen LogP) is 6.34. The topological polar surface area (TPSA) is 102 Å². The molecule has 0 spiro atoms. The van der Waals surface area contributed by atoms with Crippen molar-refractivity contribution in [2.45, 2.75) is 57.0 Å². The summed E-state index contributed by atoms with van der Waals surface area (Å²) < 4.78 is 121. The lowest BCUT2D eigenvalue weighted by atomic mass is 9.89. The van der Waals surface area contributed by atoms with Gasteiger partial charge in [0.15, 0.2) is 9.84 Å². The Balaban J connectivity index is 2.26. The first-order chi connectivity index (χ1) is 19.8. The number of benzene rings is 2. The first kappa shape index (κ1) is 33.8. The highest BCUT2D eigenvalue weighted by molar-refractivity contribution is 7.89. The Bertz CT molecular complexity index is 1450. The number of halogens is 6. The van der Waals surface area contributed by atoms with Crippen LogP contribution in [0.15, 0.2) is 30.3 Å². The molecule has 2 aromatic carbocycles. The van der Waals surface area contributed by atoms with E-state index >= 15 is 0 Å². The van der Waals surface area contributed by atoms with Crippen molar-refractivity contribution in [2.24, 2.45) is 0 Å². The summed E-state index contributed by atoms with van der Waals surface area (Å²) in [6.07, 6.45) is -11.2. The molecule has 2 amide bonds. The van der Waals surface area contributed by atoms with E-state index in [-0.39, 0.29) is 41.7 Å². The molecular weight excluding hydrogens is 610 g/mol. The normalized spacial score (nSPS) is 17.2. The van der Waals surface area contributed by atoms with Crippen LogP contribution in [0.5, 0.6) is 5.75 Å². The summed E-state index contributed by atoms with van der Waals surface area (Å²) in [4.78, 5) is 28.2. The lowest BCUT2D eigenvalue weighted by Crippen LogP contribution is -2.47. The van der Waals surface area contributed by atoms with Gasteiger partial charge in [0.2, 0.25) is 0 Å². The maximum Gasteiger partial charge on any atom is 0.416 e. The van der Waals surface area contributed by atoms with Gasteiger partial charge in [0, 0.05) is 30.5 Å². The lowest BCUT2D eigenvalue weighted by Gasteiger charge is -2.43. The number of ether oxygens (including phenoxy) is 3. The number of fused-ring (bicyclic) bond motifs is 1. The molecule has 0 N–H and O–H groups in total. The minimum absolute atomic E-state index is 0.00941. The van der Waals surface area contributed by atoms with Gasteiger partial charge in [0.25, 0.3) is 0 Å². The molecule has 0 radical (unpaired) electrons. The largest absolute Gasteiger partial charge is 0.496 e. The summed E-state index contributed by atoms with van der Waals surface area (Å²) in [5, 5.41) is 0. The van der Waals surface area contributed by atoms with E-state index < -0.39 is 75.4 Å². The van der Waals surface area contributed by atoms with Gasteiger partial charge in [-0.05, 0) is 55.7 Å². The first-order valence-corrected chi connectivity index (χ1v) is 14.8. The highest BCUT2D eigenvalue weighted by atomic mass is 32.2. The molecule has 1 aliphatic rings. The zero-order valence-electron chi connectivity index (χ0n) is 23.8. The molecular formula is C27H30F6N2O7S. The fraction of sp³-hybridized carbons (Fsp3) is 0.481. The number of nitrogens with zero attached hydrogens (tertiary/aromatic N) is 2. The Kier molecular flexibility index (Phi) is 9.83. The summed E-state index contributed by atoms with van der Waals surface area (Å²) in [6, 6.07) is 1.94. The molecule has 0 aliphatic carbocycles. The van der Waals surface area contributed by atoms with Gasteiger partial charge >= 0.3 is 24.5 Å². The maximum absolute atomic E-state index is 13.6. The number of hydrogen-bond donors (Lipinski definition) is 0. The Hall–Kier alpha value is -3.69. The molecule has 0 saturated carbocycles. The number of amides is 2. The van der Waals surface area contributed by atoms with E-state index in [1.165, 1.54) is 24.1 Å². The molecule has 0 aromatic heterocycles. The molecule has 16 heteroatoms. The fourth-order valence-corrected chi connectivity index (χ4v) is 5.77. The van der Waals surface area contributed by atoms with E-state index in [9.17, 15) is 44.3 Å². The highest BCUT2D eigenvalue weighted by Crippen LogP contribution is 2.45. The second kappa shape index (κ2) is 12.5. The van der Waals surface area contributed by atoms with E-state index in [4.69, 9.17) is 14.2 Å². The van der Waals surface area contributed by atoms with Crippen molar-refractivity contribution in [3.63, 3.8) is 0 Å². The van der Waals surface area contributed by atoms with E-state index in [1.54, 1.807) is 13.8 Å². The number of alkyl halides is 6. The molecule has 2 atom stereocenters. The Morgan fingerprint density at radius 3 is 2.05 bits per heavy atom. The van der Waals surface area contributed by atoms with Crippen molar-refractivity contribution >= 4 is 27.7 Å². The van der Waals surface area contributed by atoms with Crippen molar-refractivity contribution in [2.75, 3.05) is 32.0 Å². The molecule has 9 nitrogen and oxygen atoms in total. The van der Waals surface area contributed by atoms with Gasteiger partial charge < -0.3 is 14.2 Å². The van der Waals surface area contributed by atoms with Crippen LogP contribution >= 0.6 is 0 Å². The monoisotopic (exact) mass is 640 g/mol. The zero-order chi connectivity index (χ0) is 32.5. The molecule has 238 valence electrons. The third-order valence-corrected chi connectivity index (χ3v) is 7.56. The second-order valence-corrected chi connectivity index (χ2v) is 12.1. The molecule has 0 saturated heterocycles. The molecule has 2 aromatic rings. The van der Waals surface area contributed by atoms with Crippen molar-refractivity contribution in [3.8, 4) is 5.75 Å². The van der Waals surface area contributed by atoms with E-state index in [0.29, 0.717) is 12.1 Å². The van der Waals surface area contributed by atoms with Crippen LogP contribution in [0.25, 0.3) is 0 Å². The molecule has 43 heavy (non-hydrogen) atoms. The van der Waals surface area contributed by atoms with Gasteiger partial charge in [-0.3, -0.25) is 9.80 Å². The Labute approximate surface area is 244 Å². The summed E-state index contributed by atoms with van der Waals surface area (Å²) in [7, 11) is -1.37. The van der Waals surface area contributed by atoms with Crippen molar-refractivity contribution < 1.29 is 58.6 Å². The van der Waals surface area contributed by atoms with Crippen LogP contribution in [-0.2, 0) is 44.0 Å². The van der Waals surface area contributed by atoms with Crippen LogP contribution in [0, 0.1) is 0 Å². The third-order valence-electron chi connectivity index (χ3n) is 6.72. The molecule has 1 heterocycles. The highest BCUT2D eigenvalue weighted by Gasteiger charge is 2.41. The minimum atomic E-state index is -5.12. The van der Waals surface area contributed by atoms with Crippen LogP contribution in [0.4, 0.5) is 41.6 Å². The number of hydrogen-bond acceptors (Lipinski definition) is 7. The molecule has 0 fully saturated rings. The maximum atomic E-state index is 13.6. The predicted molar refractivity (Wildman–Crippen MR) is 142 cm³/mol. The van der Waals surface area contributed by atoms with Gasteiger partial charge in [0.05, 0.1) is 49.4 Å². The van der Waals surface area contributed by atoms with Crippen molar-refractivity contribution in [1.82, 2.24) is 4.90 Å². The summed E-state index contributed by atoms with van der Waals surface area (Å²) in [5.41, 5.74) is -3.14. The molecule has 3 rings (SSSR count). The molecule has 0 bridgehead atoms. The average Bonchev–Trinajstić information content (AvgIpc) is 2.88. The van der Waals surface area contributed by atoms with E-state index in [0.717, 1.165) is 18.3 Å². The molecule has 0 unspecified atom stereocenters.